The van der Waals surface area contributed by atoms with Crippen LogP contribution in [0.1, 0.15) is 11.1 Å². The van der Waals surface area contributed by atoms with Gasteiger partial charge < -0.3 is 10.4 Å². The third kappa shape index (κ3) is 4.73. The van der Waals surface area contributed by atoms with Crippen molar-refractivity contribution in [3.05, 3.63) is 53.6 Å². The Morgan fingerprint density at radius 3 is 1.54 bits per heavy atom. The van der Waals surface area contributed by atoms with Crippen LogP contribution in [-0.2, 0) is 21.1 Å². The van der Waals surface area contributed by atoms with E-state index in [4.69, 9.17) is 0 Å². The van der Waals surface area contributed by atoms with Crippen molar-refractivity contribution in [2.75, 3.05) is 5.32 Å². The molecule has 1 atom stereocenters. The number of halogens is 17. The Morgan fingerprint density at radius 1 is 0.630 bits per heavy atom. The Labute approximate surface area is 243 Å². The first-order valence-corrected chi connectivity index (χ1v) is 13.1. The minimum atomic E-state index is -9.03. The Kier molecular flexibility index (Phi) is 8.42. The highest BCUT2D eigenvalue weighted by molar-refractivity contribution is 7.94. The van der Waals surface area contributed by atoms with E-state index in [1.807, 2.05) is 0 Å². The second-order valence-corrected chi connectivity index (χ2v) is 11.6. The number of rotatable bonds is 11. The molecular weight excluding hydrogens is 709 g/mol. The smallest absolute Gasteiger partial charge is 0.460 e. The molecule has 0 aliphatic heterocycles. The van der Waals surface area contributed by atoms with Crippen LogP contribution in [0, 0.1) is 0 Å². The lowest BCUT2D eigenvalue weighted by atomic mass is 9.91. The van der Waals surface area contributed by atoms with Crippen LogP contribution in [0.15, 0.2) is 42.5 Å². The van der Waals surface area contributed by atoms with E-state index < -0.39 is 73.8 Å². The average molecular weight is 721 g/mol. The fourth-order valence-electron chi connectivity index (χ4n) is 4.18. The number of benzene rings is 2. The van der Waals surface area contributed by atoms with E-state index in [-0.39, 0.29) is 17.5 Å². The first kappa shape index (κ1) is 36.9. The lowest BCUT2D eigenvalue weighted by Crippen LogP contribution is -2.75. The van der Waals surface area contributed by atoms with Gasteiger partial charge in [-0.15, -0.1) is 0 Å². The molecule has 0 radical (unpaired) electrons. The van der Waals surface area contributed by atoms with Gasteiger partial charge in [-0.05, 0) is 28.3 Å². The minimum Gasteiger partial charge on any atom is -0.479 e. The van der Waals surface area contributed by atoms with Gasteiger partial charge in [-0.1, -0.05) is 36.4 Å². The predicted octanol–water partition coefficient (Wildman–Crippen LogP) is 7.46. The van der Waals surface area contributed by atoms with Crippen LogP contribution in [0.25, 0.3) is 11.1 Å². The molecule has 5 nitrogen and oxygen atoms in total. The summed E-state index contributed by atoms with van der Waals surface area (Å²) in [6.07, 6.45) is -8.19. The largest absolute Gasteiger partial charge is 0.479 e. The molecule has 0 spiro atoms. The van der Waals surface area contributed by atoms with Crippen molar-refractivity contribution in [3.8, 4) is 11.1 Å². The van der Waals surface area contributed by atoms with Crippen LogP contribution in [0.4, 0.5) is 80.3 Å². The molecule has 0 amide bonds. The highest BCUT2D eigenvalue weighted by atomic mass is 32.2. The van der Waals surface area contributed by atoms with E-state index in [9.17, 15) is 93.0 Å². The molecule has 2 N–H and O–H groups in total. The zero-order chi connectivity index (χ0) is 35.9. The predicted molar refractivity (Wildman–Crippen MR) is 119 cm³/mol. The summed E-state index contributed by atoms with van der Waals surface area (Å²) < 4.78 is 256. The van der Waals surface area contributed by atoms with Crippen LogP contribution >= 0.6 is 0 Å². The molecule has 0 aromatic heterocycles. The SMILES string of the molecule is O=C(O)C(Nc1cccc2c1Cc1ccccc1-2)S(=O)(=O)C(F)(F)C(F)(F)C(F)(F)C(F)(F)C(F)(F)C(F)(F)C(F)(F)C(F)(F)F. The fraction of sp³-hybridized carbons (Fsp3) is 0.435. The summed E-state index contributed by atoms with van der Waals surface area (Å²) in [5.74, 6) is -55.9. The maximum atomic E-state index is 14.7. The van der Waals surface area contributed by atoms with E-state index >= 15 is 0 Å². The fourth-order valence-corrected chi connectivity index (χ4v) is 5.51. The Hall–Kier alpha value is -3.53. The molecule has 1 unspecified atom stereocenters. The van der Waals surface area contributed by atoms with E-state index in [1.165, 1.54) is 35.6 Å². The molecule has 258 valence electrons. The lowest BCUT2D eigenvalue weighted by molar-refractivity contribution is -0.458. The molecule has 46 heavy (non-hydrogen) atoms. The van der Waals surface area contributed by atoms with Gasteiger partial charge in [0, 0.05) is 12.1 Å². The summed E-state index contributed by atoms with van der Waals surface area (Å²) in [5, 5.41) is -1.71. The molecule has 3 rings (SSSR count). The van der Waals surface area contributed by atoms with Gasteiger partial charge >= 0.3 is 52.9 Å². The summed E-state index contributed by atoms with van der Waals surface area (Å²) in [4.78, 5) is 11.6. The van der Waals surface area contributed by atoms with Gasteiger partial charge in [0.2, 0.25) is 5.37 Å². The molecule has 0 heterocycles. The van der Waals surface area contributed by atoms with Crippen LogP contribution in [0.2, 0.25) is 0 Å². The third-order valence-electron chi connectivity index (χ3n) is 6.72. The van der Waals surface area contributed by atoms with Gasteiger partial charge in [0.15, 0.2) is 0 Å². The number of anilines is 1. The van der Waals surface area contributed by atoms with Gasteiger partial charge in [-0.3, -0.25) is 0 Å². The third-order valence-corrected chi connectivity index (χ3v) is 8.63. The van der Waals surface area contributed by atoms with Crippen LogP contribution < -0.4 is 5.32 Å². The molecule has 2 aromatic rings. The summed E-state index contributed by atoms with van der Waals surface area (Å²) in [6, 6.07) is 8.93. The second kappa shape index (κ2) is 10.5. The molecule has 0 bridgehead atoms. The van der Waals surface area contributed by atoms with Crippen LogP contribution in [0.3, 0.4) is 0 Å². The van der Waals surface area contributed by atoms with Crippen molar-refractivity contribution in [2.45, 2.75) is 58.8 Å². The summed E-state index contributed by atoms with van der Waals surface area (Å²) >= 11 is 0. The van der Waals surface area contributed by atoms with Gasteiger partial charge in [0.25, 0.3) is 9.84 Å². The molecular formula is C23H12F17NO4S. The van der Waals surface area contributed by atoms with Crippen molar-refractivity contribution in [1.82, 2.24) is 0 Å². The van der Waals surface area contributed by atoms with Crippen LogP contribution in [-0.4, -0.2) is 71.8 Å². The minimum absolute atomic E-state index is 0.121. The quantitative estimate of drug-likeness (QED) is 0.201. The molecule has 0 fully saturated rings. The Morgan fingerprint density at radius 2 is 1.07 bits per heavy atom. The van der Waals surface area contributed by atoms with Gasteiger partial charge in [0.1, 0.15) is 0 Å². The number of carboxylic acids is 1. The maximum absolute atomic E-state index is 14.7. The molecule has 0 saturated carbocycles. The van der Waals surface area contributed by atoms with E-state index in [1.54, 1.807) is 0 Å². The number of alkyl halides is 17. The van der Waals surface area contributed by atoms with Crippen molar-refractivity contribution >= 4 is 21.5 Å². The second-order valence-electron chi connectivity index (χ2n) is 9.53. The number of hydrogen-bond donors (Lipinski definition) is 2. The number of carbonyl (C=O) groups is 1. The van der Waals surface area contributed by atoms with Gasteiger partial charge in [-0.25, -0.2) is 13.2 Å². The standard InChI is InChI=1S/C23H12F17NO4S/c24-16(25,18(28,29)20(32,33)22(36,37)38)17(26,27)19(30,31)21(34,35)23(39,40)46(44,45)14(15(42)43)41-13-7-3-6-11-10-5-2-1-4-9(10)8-12(11)13/h1-7,14,41H,8H2,(H,42,43). The van der Waals surface area contributed by atoms with Crippen molar-refractivity contribution in [1.29, 1.82) is 0 Å². The maximum Gasteiger partial charge on any atom is 0.460 e. The number of nitrogens with one attached hydrogen (secondary N) is 1. The number of fused-ring (bicyclic) bond motifs is 3. The molecule has 1 aliphatic carbocycles. The Bertz CT molecular complexity index is 1640. The van der Waals surface area contributed by atoms with Gasteiger partial charge in [-0.2, -0.15) is 74.6 Å². The lowest BCUT2D eigenvalue weighted by Gasteiger charge is -2.42. The normalized spacial score (nSPS) is 16.1. The van der Waals surface area contributed by atoms with Crippen molar-refractivity contribution in [3.63, 3.8) is 0 Å². The number of hydrogen-bond acceptors (Lipinski definition) is 4. The average Bonchev–Trinajstić information content (AvgIpc) is 3.29. The topological polar surface area (TPSA) is 83.5 Å². The van der Waals surface area contributed by atoms with Gasteiger partial charge in [0.05, 0.1) is 0 Å². The first-order valence-electron chi connectivity index (χ1n) is 11.5. The zero-order valence-corrected chi connectivity index (χ0v) is 22.1. The molecule has 0 saturated heterocycles. The number of carboxylic acid groups (broad SMARTS) is 1. The molecule has 23 heteroatoms. The van der Waals surface area contributed by atoms with E-state index in [2.05, 4.69) is 0 Å². The van der Waals surface area contributed by atoms with Crippen LogP contribution in [0.5, 0.6) is 0 Å². The van der Waals surface area contributed by atoms with Crippen molar-refractivity contribution in [2.24, 2.45) is 0 Å². The highest BCUT2D eigenvalue weighted by Crippen LogP contribution is 2.64. The highest BCUT2D eigenvalue weighted by Gasteiger charge is 2.96. The van der Waals surface area contributed by atoms with Crippen molar-refractivity contribution < 1.29 is 93.0 Å². The molecule has 2 aromatic carbocycles. The monoisotopic (exact) mass is 721 g/mol. The molecule has 1 aliphatic rings. The summed E-state index contributed by atoms with van der Waals surface area (Å²) in [6.45, 7) is 0. The Balaban J connectivity index is 2.11. The first-order chi connectivity index (χ1) is 20.4. The summed E-state index contributed by atoms with van der Waals surface area (Å²) in [5.41, 5.74) is 0.0905. The number of sulfone groups is 1. The zero-order valence-electron chi connectivity index (χ0n) is 21.3. The number of aliphatic carboxylic acids is 1. The van der Waals surface area contributed by atoms with E-state index in [0.29, 0.717) is 11.1 Å². The summed E-state index contributed by atoms with van der Waals surface area (Å²) in [7, 11) is -7.98. The van der Waals surface area contributed by atoms with E-state index in [0.717, 1.165) is 12.1 Å².